The molecule has 3 aromatic carbocycles. The van der Waals surface area contributed by atoms with Crippen molar-refractivity contribution in [1.29, 1.82) is 0 Å². The molecule has 2 heterocycles. The number of nitrogen functional groups attached to an aromatic ring is 1. The van der Waals surface area contributed by atoms with Crippen LogP contribution < -0.4 is 30.3 Å². The predicted octanol–water partition coefficient (Wildman–Crippen LogP) is 5.84. The van der Waals surface area contributed by atoms with Gasteiger partial charge in [-0.15, -0.1) is 0 Å². The average molecular weight is 576 g/mol. The van der Waals surface area contributed by atoms with Crippen LogP contribution in [-0.4, -0.2) is 35.1 Å². The lowest BCUT2D eigenvalue weighted by molar-refractivity contribution is -0.384. The molecule has 0 fully saturated rings. The predicted molar refractivity (Wildman–Crippen MR) is 156 cm³/mol. The number of ether oxygens (including phenoxy) is 2. The van der Waals surface area contributed by atoms with Crippen LogP contribution in [0.4, 0.5) is 39.3 Å². The molecule has 0 saturated carbocycles. The van der Waals surface area contributed by atoms with Gasteiger partial charge >= 0.3 is 6.03 Å². The van der Waals surface area contributed by atoms with Gasteiger partial charge in [-0.05, 0) is 24.6 Å². The molecule has 5 rings (SSSR count). The van der Waals surface area contributed by atoms with Crippen LogP contribution in [0.25, 0.3) is 0 Å². The van der Waals surface area contributed by atoms with Crippen molar-refractivity contribution in [3.63, 3.8) is 0 Å². The molecule has 3 N–H and O–H groups in total. The Hall–Kier alpha value is -5.10. The largest absolute Gasteiger partial charge is 0.496 e. The number of fused-ring (bicyclic) bond motifs is 1. The minimum atomic E-state index is -0.484. The fourth-order valence-corrected chi connectivity index (χ4v) is 5.02. The van der Waals surface area contributed by atoms with E-state index in [-0.39, 0.29) is 29.7 Å². The number of hydrogen-bond acceptors (Lipinski definition) is 9. The molecule has 210 valence electrons. The number of nitrogens with zero attached hydrogens (tertiary/aromatic N) is 5. The number of amides is 2. The van der Waals surface area contributed by atoms with E-state index in [2.05, 4.69) is 15.3 Å². The number of urea groups is 1. The summed E-state index contributed by atoms with van der Waals surface area (Å²) in [6.07, 6.45) is 1.62. The maximum absolute atomic E-state index is 14.2. The van der Waals surface area contributed by atoms with Crippen molar-refractivity contribution in [1.82, 2.24) is 9.97 Å². The van der Waals surface area contributed by atoms with Crippen LogP contribution in [0.1, 0.15) is 16.7 Å². The third-order valence-corrected chi connectivity index (χ3v) is 7.04. The first-order valence-corrected chi connectivity index (χ1v) is 12.8. The Labute approximate surface area is 240 Å². The SMILES string of the molecule is COc1cc(OC)c(Cl)c(N2Cc3cnc(Nc4ccccc4N)nc3N(Cc3cccc([N+](=O)[O-])c3)C2=O)c1C. The van der Waals surface area contributed by atoms with Crippen LogP contribution in [0.5, 0.6) is 11.5 Å². The first kappa shape index (κ1) is 27.5. The number of methoxy groups -OCH3 is 2. The quantitative estimate of drug-likeness (QED) is 0.150. The van der Waals surface area contributed by atoms with Crippen LogP contribution in [0, 0.1) is 17.0 Å². The van der Waals surface area contributed by atoms with Crippen LogP contribution in [-0.2, 0) is 13.1 Å². The number of nitrogens with one attached hydrogen (secondary N) is 1. The lowest BCUT2D eigenvalue weighted by Crippen LogP contribution is -2.48. The van der Waals surface area contributed by atoms with E-state index in [9.17, 15) is 14.9 Å². The molecule has 0 aliphatic carbocycles. The monoisotopic (exact) mass is 575 g/mol. The summed E-state index contributed by atoms with van der Waals surface area (Å²) >= 11 is 6.74. The molecule has 0 atom stereocenters. The number of carbonyl (C=O) groups is 1. The summed E-state index contributed by atoms with van der Waals surface area (Å²) in [4.78, 5) is 37.2. The molecule has 41 heavy (non-hydrogen) atoms. The molecule has 0 unspecified atom stereocenters. The molecule has 13 heteroatoms. The fourth-order valence-electron chi connectivity index (χ4n) is 4.65. The number of carbonyl (C=O) groups excluding carboxylic acids is 1. The normalized spacial score (nSPS) is 12.6. The van der Waals surface area contributed by atoms with Crippen LogP contribution >= 0.6 is 11.6 Å². The summed E-state index contributed by atoms with van der Waals surface area (Å²) in [6.45, 7) is 1.89. The van der Waals surface area contributed by atoms with Gasteiger partial charge in [-0.2, -0.15) is 4.98 Å². The van der Waals surface area contributed by atoms with E-state index in [0.29, 0.717) is 51.1 Å². The van der Waals surface area contributed by atoms with Gasteiger partial charge in [0, 0.05) is 35.5 Å². The van der Waals surface area contributed by atoms with Crippen molar-refractivity contribution in [3.8, 4) is 11.5 Å². The zero-order valence-electron chi connectivity index (χ0n) is 22.4. The van der Waals surface area contributed by atoms with Gasteiger partial charge in [-0.1, -0.05) is 35.9 Å². The standard InChI is InChI=1S/C28H26ClN7O5/c1-16-22(40-2)12-23(41-3)24(29)25(16)34-15-18-13-31-27(32-21-10-5-4-9-20(21)30)33-26(18)35(28(34)37)14-17-7-6-8-19(11-17)36(38)39/h4-13H,14-15,30H2,1-3H3,(H,31,32,33). The van der Waals surface area contributed by atoms with Gasteiger partial charge < -0.3 is 20.5 Å². The average Bonchev–Trinajstić information content (AvgIpc) is 2.97. The molecule has 4 aromatic rings. The highest BCUT2D eigenvalue weighted by Crippen LogP contribution is 2.45. The van der Waals surface area contributed by atoms with Crippen molar-refractivity contribution >= 4 is 52.1 Å². The van der Waals surface area contributed by atoms with Gasteiger partial charge in [0.25, 0.3) is 5.69 Å². The number of para-hydroxylation sites is 2. The summed E-state index contributed by atoms with van der Waals surface area (Å²) in [7, 11) is 2.99. The van der Waals surface area contributed by atoms with E-state index in [1.165, 1.54) is 36.2 Å². The first-order valence-electron chi connectivity index (χ1n) is 12.4. The van der Waals surface area contributed by atoms with E-state index < -0.39 is 11.0 Å². The van der Waals surface area contributed by atoms with Gasteiger partial charge in [-0.25, -0.2) is 9.78 Å². The minimum absolute atomic E-state index is 0.00822. The lowest BCUT2D eigenvalue weighted by Gasteiger charge is -2.37. The van der Waals surface area contributed by atoms with Crippen LogP contribution in [0.2, 0.25) is 5.02 Å². The van der Waals surface area contributed by atoms with Crippen molar-refractivity contribution in [2.24, 2.45) is 0 Å². The number of halogens is 1. The Morgan fingerprint density at radius 1 is 1.12 bits per heavy atom. The summed E-state index contributed by atoms with van der Waals surface area (Å²) in [5.74, 6) is 1.39. The van der Waals surface area contributed by atoms with E-state index >= 15 is 0 Å². The number of hydrogen-bond donors (Lipinski definition) is 2. The van der Waals surface area contributed by atoms with E-state index in [1.807, 2.05) is 12.1 Å². The topological polar surface area (TPSA) is 149 Å². The van der Waals surface area contributed by atoms with E-state index in [0.717, 1.165) is 0 Å². The Morgan fingerprint density at radius 3 is 2.59 bits per heavy atom. The number of nitro groups is 1. The lowest BCUT2D eigenvalue weighted by atomic mass is 10.1. The molecule has 1 aliphatic heterocycles. The summed E-state index contributed by atoms with van der Waals surface area (Å²) < 4.78 is 11.0. The molecular weight excluding hydrogens is 550 g/mol. The zero-order valence-corrected chi connectivity index (χ0v) is 23.2. The van der Waals surface area contributed by atoms with Crippen LogP contribution in [0.15, 0.2) is 60.8 Å². The number of benzene rings is 3. The third-order valence-electron chi connectivity index (χ3n) is 6.68. The van der Waals surface area contributed by atoms with Gasteiger partial charge in [0.05, 0.1) is 49.3 Å². The number of non-ortho nitro benzene ring substituents is 1. The van der Waals surface area contributed by atoms with Crippen molar-refractivity contribution in [2.75, 3.05) is 35.1 Å². The molecular formula is C28H26ClN7O5. The van der Waals surface area contributed by atoms with Gasteiger partial charge in [0.1, 0.15) is 22.3 Å². The number of nitro benzene ring substituents is 1. The van der Waals surface area contributed by atoms with Crippen molar-refractivity contribution < 1.29 is 19.2 Å². The first-order chi connectivity index (χ1) is 19.7. The zero-order chi connectivity index (χ0) is 29.3. The second kappa shape index (κ2) is 11.2. The number of rotatable bonds is 8. The second-order valence-corrected chi connectivity index (χ2v) is 9.58. The highest BCUT2D eigenvalue weighted by molar-refractivity contribution is 6.36. The van der Waals surface area contributed by atoms with Gasteiger partial charge in [-0.3, -0.25) is 19.9 Å². The summed E-state index contributed by atoms with van der Waals surface area (Å²) in [6, 6.07) is 14.4. The third kappa shape index (κ3) is 5.24. The van der Waals surface area contributed by atoms with E-state index in [1.54, 1.807) is 43.5 Å². The molecule has 0 saturated heterocycles. The maximum Gasteiger partial charge on any atom is 0.330 e. The summed E-state index contributed by atoms with van der Waals surface area (Å²) in [5.41, 5.74) is 9.28. The van der Waals surface area contributed by atoms with Gasteiger partial charge in [0.15, 0.2) is 0 Å². The number of nitrogens with two attached hydrogens (primary N) is 1. The molecule has 0 spiro atoms. The Balaban J connectivity index is 1.62. The number of aromatic nitrogens is 2. The smallest absolute Gasteiger partial charge is 0.330 e. The summed E-state index contributed by atoms with van der Waals surface area (Å²) in [5, 5.41) is 14.8. The fraction of sp³-hybridized carbons (Fsp3) is 0.179. The molecule has 0 radical (unpaired) electrons. The molecule has 0 bridgehead atoms. The number of anilines is 5. The molecule has 12 nitrogen and oxygen atoms in total. The minimum Gasteiger partial charge on any atom is -0.496 e. The van der Waals surface area contributed by atoms with Gasteiger partial charge in [0.2, 0.25) is 5.95 Å². The maximum atomic E-state index is 14.2. The Kier molecular flexibility index (Phi) is 7.49. The Morgan fingerprint density at radius 2 is 1.88 bits per heavy atom. The van der Waals surface area contributed by atoms with Crippen molar-refractivity contribution in [3.05, 3.63) is 92.6 Å². The molecule has 1 aromatic heterocycles. The molecule has 2 amide bonds. The van der Waals surface area contributed by atoms with E-state index in [4.69, 9.17) is 26.8 Å². The van der Waals surface area contributed by atoms with Crippen LogP contribution in [0.3, 0.4) is 0 Å². The van der Waals surface area contributed by atoms with Crippen molar-refractivity contribution in [2.45, 2.75) is 20.0 Å². The Bertz CT molecular complexity index is 1640. The highest BCUT2D eigenvalue weighted by atomic mass is 35.5. The second-order valence-electron chi connectivity index (χ2n) is 9.21. The molecule has 1 aliphatic rings. The highest BCUT2D eigenvalue weighted by Gasteiger charge is 2.36.